The van der Waals surface area contributed by atoms with E-state index in [0.29, 0.717) is 0 Å². The molecule has 0 aliphatic carbocycles. The van der Waals surface area contributed by atoms with Crippen LogP contribution in [0.3, 0.4) is 0 Å². The van der Waals surface area contributed by atoms with Crippen LogP contribution in [0.1, 0.15) is 32.3 Å². The predicted octanol–water partition coefficient (Wildman–Crippen LogP) is 1.48. The van der Waals surface area contributed by atoms with Crippen LogP contribution >= 0.6 is 0 Å². The predicted molar refractivity (Wildman–Crippen MR) is 80.0 cm³/mol. The molecular weight excluding hydrogens is 270 g/mol. The summed E-state index contributed by atoms with van der Waals surface area (Å²) in [6.07, 6.45) is -0.487. The lowest BCUT2D eigenvalue weighted by molar-refractivity contribution is 0.0488. The van der Waals surface area contributed by atoms with Crippen molar-refractivity contribution in [3.63, 3.8) is 0 Å². The second kappa shape index (κ2) is 6.32. The smallest absolute Gasteiger partial charge is 0.422 e. The minimum absolute atomic E-state index is 0.0714. The van der Waals surface area contributed by atoms with Crippen LogP contribution in [0.2, 0.25) is 0 Å². The molecule has 4 N–H and O–H groups in total. The maximum atomic E-state index is 11.7. The average molecular weight is 293 g/mol. The first-order chi connectivity index (χ1) is 9.85. The van der Waals surface area contributed by atoms with Gasteiger partial charge in [-0.1, -0.05) is 12.1 Å². The molecule has 1 amide bonds. The van der Waals surface area contributed by atoms with Crippen molar-refractivity contribution >= 4 is 6.09 Å². The van der Waals surface area contributed by atoms with E-state index in [0.717, 1.165) is 18.7 Å². The first kappa shape index (κ1) is 15.6. The molecule has 0 spiro atoms. The number of phenols is 1. The van der Waals surface area contributed by atoms with E-state index in [1.54, 1.807) is 12.1 Å². The van der Waals surface area contributed by atoms with Gasteiger partial charge in [0.25, 0.3) is 0 Å². The van der Waals surface area contributed by atoms with Gasteiger partial charge in [0.05, 0.1) is 0 Å². The van der Waals surface area contributed by atoms with Crippen LogP contribution < -0.4 is 16.2 Å². The van der Waals surface area contributed by atoms with Crippen molar-refractivity contribution in [3.05, 3.63) is 29.8 Å². The molecule has 2 rings (SSSR count). The molecule has 0 bridgehead atoms. The van der Waals surface area contributed by atoms with E-state index in [9.17, 15) is 9.90 Å². The van der Waals surface area contributed by atoms with Gasteiger partial charge in [0, 0.05) is 25.0 Å². The second-order valence-corrected chi connectivity index (χ2v) is 6.23. The van der Waals surface area contributed by atoms with Crippen LogP contribution in [0, 0.1) is 0 Å². The average Bonchev–Trinajstić information content (AvgIpc) is 2.83. The van der Waals surface area contributed by atoms with E-state index >= 15 is 0 Å². The summed E-state index contributed by atoms with van der Waals surface area (Å²) >= 11 is 0. The van der Waals surface area contributed by atoms with Crippen LogP contribution in [0.15, 0.2) is 24.3 Å². The van der Waals surface area contributed by atoms with E-state index < -0.39 is 11.7 Å². The molecule has 0 saturated carbocycles. The molecule has 0 aromatic heterocycles. The lowest BCUT2D eigenvalue weighted by atomic mass is 9.95. The van der Waals surface area contributed by atoms with Gasteiger partial charge in [0.15, 0.2) is 0 Å². The summed E-state index contributed by atoms with van der Waals surface area (Å²) in [6, 6.07) is 7.21. The molecule has 1 aromatic carbocycles. The second-order valence-electron chi connectivity index (χ2n) is 6.23. The van der Waals surface area contributed by atoms with E-state index in [4.69, 9.17) is 4.74 Å². The van der Waals surface area contributed by atoms with Crippen LogP contribution in [0.5, 0.6) is 5.75 Å². The zero-order valence-electron chi connectivity index (χ0n) is 12.6. The fraction of sp³-hybridized carbons (Fsp3) is 0.533. The number of aromatic hydroxyl groups is 1. The molecular formula is C15H23N3O3. The first-order valence-electron chi connectivity index (χ1n) is 7.09. The number of benzene rings is 1. The zero-order chi connectivity index (χ0) is 15.5. The Balaban J connectivity index is 1.90. The quantitative estimate of drug-likeness (QED) is 0.635. The maximum Gasteiger partial charge on any atom is 0.422 e. The summed E-state index contributed by atoms with van der Waals surface area (Å²) in [7, 11) is 0. The van der Waals surface area contributed by atoms with Gasteiger partial charge in [-0.3, -0.25) is 5.43 Å². The molecule has 1 aromatic rings. The van der Waals surface area contributed by atoms with Crippen molar-refractivity contribution in [2.45, 2.75) is 38.3 Å². The highest BCUT2D eigenvalue weighted by Gasteiger charge is 2.29. The number of hydrogen-bond donors (Lipinski definition) is 4. The van der Waals surface area contributed by atoms with Crippen molar-refractivity contribution < 1.29 is 14.6 Å². The third kappa shape index (κ3) is 4.61. The van der Waals surface area contributed by atoms with Gasteiger partial charge in [0.2, 0.25) is 0 Å². The fourth-order valence-electron chi connectivity index (χ4n) is 2.36. The number of amides is 1. The van der Waals surface area contributed by atoms with E-state index in [1.165, 1.54) is 0 Å². The van der Waals surface area contributed by atoms with E-state index in [2.05, 4.69) is 16.2 Å². The lowest BCUT2D eigenvalue weighted by Crippen LogP contribution is -2.48. The highest BCUT2D eigenvalue weighted by molar-refractivity contribution is 5.67. The first-order valence-corrected chi connectivity index (χ1v) is 7.09. The van der Waals surface area contributed by atoms with Gasteiger partial charge in [-0.15, -0.1) is 0 Å². The minimum Gasteiger partial charge on any atom is -0.508 e. The van der Waals surface area contributed by atoms with E-state index in [-0.39, 0.29) is 17.7 Å². The zero-order valence-corrected chi connectivity index (χ0v) is 12.6. The summed E-state index contributed by atoms with van der Waals surface area (Å²) in [5.41, 5.74) is 6.20. The number of carbonyl (C=O) groups excluding carboxylic acids is 1. The number of rotatable bonds is 3. The molecule has 2 atom stereocenters. The van der Waals surface area contributed by atoms with Gasteiger partial charge in [-0.25, -0.2) is 10.2 Å². The Kier molecular flexibility index (Phi) is 4.69. The summed E-state index contributed by atoms with van der Waals surface area (Å²) in [5.74, 6) is 0.474. The monoisotopic (exact) mass is 293 g/mol. The number of nitrogens with one attached hydrogen (secondary N) is 3. The number of phenolic OH excluding ortho intramolecular Hbond substituents is 1. The van der Waals surface area contributed by atoms with Gasteiger partial charge in [-0.05, 0) is 38.5 Å². The third-order valence-corrected chi connectivity index (χ3v) is 3.29. The Morgan fingerprint density at radius 1 is 1.29 bits per heavy atom. The lowest BCUT2D eigenvalue weighted by Gasteiger charge is -2.23. The van der Waals surface area contributed by atoms with Crippen LogP contribution in [-0.2, 0) is 4.74 Å². The number of hydrogen-bond acceptors (Lipinski definition) is 5. The number of hydrazine groups is 1. The number of carbonyl (C=O) groups is 1. The van der Waals surface area contributed by atoms with Gasteiger partial charge in [-0.2, -0.15) is 0 Å². The normalized spacial score (nSPS) is 22.0. The van der Waals surface area contributed by atoms with Crippen molar-refractivity contribution in [2.75, 3.05) is 13.1 Å². The van der Waals surface area contributed by atoms with Crippen LogP contribution in [0.4, 0.5) is 4.79 Å². The van der Waals surface area contributed by atoms with Gasteiger partial charge in [0.1, 0.15) is 11.4 Å². The summed E-state index contributed by atoms with van der Waals surface area (Å²) in [4.78, 5) is 11.7. The van der Waals surface area contributed by atoms with Gasteiger partial charge >= 0.3 is 6.09 Å². The van der Waals surface area contributed by atoms with Crippen molar-refractivity contribution in [1.29, 1.82) is 0 Å². The molecule has 1 fully saturated rings. The molecule has 1 aliphatic rings. The Labute approximate surface area is 124 Å². The van der Waals surface area contributed by atoms with Crippen LogP contribution in [-0.4, -0.2) is 35.9 Å². The Morgan fingerprint density at radius 2 is 1.95 bits per heavy atom. The topological polar surface area (TPSA) is 82.6 Å². The molecule has 1 saturated heterocycles. The minimum atomic E-state index is -0.518. The summed E-state index contributed by atoms with van der Waals surface area (Å²) in [6.45, 7) is 7.04. The Morgan fingerprint density at radius 3 is 2.57 bits per heavy atom. The van der Waals surface area contributed by atoms with E-state index in [1.807, 2.05) is 32.9 Å². The standard InChI is InChI=1S/C15H23N3O3/c1-15(2,3)21-14(20)18-17-13-9-16-8-12(13)10-4-6-11(19)7-5-10/h4-7,12-13,16-17,19H,8-9H2,1-3H3,(H,18,20). The molecule has 116 valence electrons. The molecule has 21 heavy (non-hydrogen) atoms. The molecule has 0 radical (unpaired) electrons. The Hall–Kier alpha value is -1.79. The van der Waals surface area contributed by atoms with Crippen LogP contribution in [0.25, 0.3) is 0 Å². The fourth-order valence-corrected chi connectivity index (χ4v) is 2.36. The largest absolute Gasteiger partial charge is 0.508 e. The molecule has 2 unspecified atom stereocenters. The molecule has 1 heterocycles. The molecule has 6 heteroatoms. The highest BCUT2D eigenvalue weighted by atomic mass is 16.6. The summed E-state index contributed by atoms with van der Waals surface area (Å²) in [5, 5.41) is 12.6. The Bertz CT molecular complexity index is 482. The van der Waals surface area contributed by atoms with Gasteiger partial charge < -0.3 is 15.2 Å². The van der Waals surface area contributed by atoms with Crippen molar-refractivity contribution in [2.24, 2.45) is 0 Å². The molecule has 6 nitrogen and oxygen atoms in total. The highest BCUT2D eigenvalue weighted by Crippen LogP contribution is 2.24. The van der Waals surface area contributed by atoms with Crippen molar-refractivity contribution in [1.82, 2.24) is 16.2 Å². The third-order valence-electron chi connectivity index (χ3n) is 3.29. The maximum absolute atomic E-state index is 11.7. The SMILES string of the molecule is CC(C)(C)OC(=O)NNC1CNCC1c1ccc(O)cc1. The molecule has 1 aliphatic heterocycles. The van der Waals surface area contributed by atoms with Crippen molar-refractivity contribution in [3.8, 4) is 5.75 Å². The summed E-state index contributed by atoms with van der Waals surface area (Å²) < 4.78 is 5.19. The number of ether oxygens (including phenoxy) is 1.